The van der Waals surface area contributed by atoms with E-state index in [9.17, 15) is 47.4 Å². The maximum absolute atomic E-state index is 14.8. The highest BCUT2D eigenvalue weighted by Crippen LogP contribution is 2.47. The fourth-order valence-electron chi connectivity index (χ4n) is 8.02. The van der Waals surface area contributed by atoms with Crippen molar-refractivity contribution in [3.8, 4) is 0 Å². The van der Waals surface area contributed by atoms with Crippen LogP contribution in [0.3, 0.4) is 0 Å². The Hall–Kier alpha value is -7.93. The summed E-state index contributed by atoms with van der Waals surface area (Å²) in [6.45, 7) is 3.89. The van der Waals surface area contributed by atoms with Crippen LogP contribution in [0.5, 0.6) is 0 Å². The van der Waals surface area contributed by atoms with Crippen LogP contribution in [0.4, 0.5) is 30.6 Å². The molecule has 0 aliphatic carbocycles. The fourth-order valence-corrected chi connectivity index (χ4v) is 9.05. The molecule has 32 heteroatoms. The van der Waals surface area contributed by atoms with E-state index in [2.05, 4.69) is 55.7 Å². The number of nitrogens with one attached hydrogen (secondary N) is 2. The van der Waals surface area contributed by atoms with E-state index in [0.717, 1.165) is 19.9 Å². The van der Waals surface area contributed by atoms with E-state index < -0.39 is 108 Å². The molecular weight excluding hydrogens is 1160 g/mol. The molecule has 3 fully saturated rings. The first kappa shape index (κ1) is 65.4. The molecule has 79 heavy (non-hydrogen) atoms. The molecule has 0 unspecified atom stereocenters. The SMILES string of the molecule is C.C.C.CC[C@@]1(N=[N+]=[N-])O[C@@H](n2ccc(NC(=O)c3ccccc3)nc2=O)[C@H](F)[C@@H]1C.C[C@H]1[C@@H](F)[C@H](n2ccc(NC(=O)c3ccccc3)nc2=O)O[C@@]1(CI)N=[N+]=[N-].[N-]=[N+]=N[C@]1(CO)O[C@@H](n2ccc(N)nc2=O)[C@H](F)[C@@H]1O. The summed E-state index contributed by atoms with van der Waals surface area (Å²) in [5.41, 5.74) is 24.6. The molecule has 3 saturated heterocycles. The number of azide groups is 3. The number of anilines is 3. The second-order valence-corrected chi connectivity index (χ2v) is 17.6. The Morgan fingerprint density at radius 3 is 1.42 bits per heavy atom. The van der Waals surface area contributed by atoms with Crippen molar-refractivity contribution in [2.24, 2.45) is 27.2 Å². The Kier molecular flexibility index (Phi) is 23.2. The van der Waals surface area contributed by atoms with Gasteiger partial charge < -0.3 is 40.8 Å². The first-order valence-corrected chi connectivity index (χ1v) is 24.1. The van der Waals surface area contributed by atoms with Gasteiger partial charge >= 0.3 is 17.1 Å². The molecule has 6 heterocycles. The number of aliphatic hydroxyl groups excluding tert-OH is 2. The van der Waals surface area contributed by atoms with E-state index in [1.54, 1.807) is 81.4 Å². The van der Waals surface area contributed by atoms with Crippen LogP contribution in [0.25, 0.3) is 31.3 Å². The number of amides is 2. The maximum atomic E-state index is 14.8. The molecule has 3 aliphatic rings. The van der Waals surface area contributed by atoms with E-state index in [1.165, 1.54) is 30.6 Å². The predicted octanol–water partition coefficient (Wildman–Crippen LogP) is 7.82. The number of carbonyl (C=O) groups excluding carboxylic acids is 2. The van der Waals surface area contributed by atoms with Gasteiger partial charge in [0.1, 0.15) is 23.6 Å². The summed E-state index contributed by atoms with van der Waals surface area (Å²) in [5, 5.41) is 34.3. The highest BCUT2D eigenvalue weighted by Gasteiger charge is 2.57. The molecule has 0 spiro atoms. The number of nitrogens with zero attached hydrogens (tertiary/aromatic N) is 15. The number of benzene rings is 2. The van der Waals surface area contributed by atoms with Gasteiger partial charge in [0.05, 0.1) is 6.61 Å². The van der Waals surface area contributed by atoms with Crippen LogP contribution < -0.4 is 33.4 Å². The number of nitrogen functional groups attached to an aromatic ring is 1. The Bertz CT molecular complexity index is 3080. The summed E-state index contributed by atoms with van der Waals surface area (Å²) < 4.78 is 63.0. The summed E-state index contributed by atoms with van der Waals surface area (Å²) in [7, 11) is 0. The van der Waals surface area contributed by atoms with Gasteiger partial charge in [0.15, 0.2) is 48.6 Å². The zero-order chi connectivity index (χ0) is 55.5. The Morgan fingerprint density at radius 2 is 1.03 bits per heavy atom. The lowest BCUT2D eigenvalue weighted by Crippen LogP contribution is -2.43. The van der Waals surface area contributed by atoms with Gasteiger partial charge in [-0.1, -0.05) is 117 Å². The number of aromatic nitrogens is 6. The van der Waals surface area contributed by atoms with Gasteiger partial charge in [0.2, 0.25) is 5.72 Å². The van der Waals surface area contributed by atoms with E-state index in [-0.39, 0.29) is 50.6 Å². The molecule has 6 N–H and O–H groups in total. The predicted molar refractivity (Wildman–Crippen MR) is 290 cm³/mol. The lowest BCUT2D eigenvalue weighted by atomic mass is 9.94. The quantitative estimate of drug-likeness (QED) is 0.0247. The molecule has 8 rings (SSSR count). The summed E-state index contributed by atoms with van der Waals surface area (Å²) in [6, 6.07) is 20.9. The zero-order valence-corrected chi connectivity index (χ0v) is 42.2. The van der Waals surface area contributed by atoms with E-state index in [4.69, 9.17) is 36.5 Å². The van der Waals surface area contributed by atoms with Crippen molar-refractivity contribution in [1.82, 2.24) is 28.7 Å². The van der Waals surface area contributed by atoms with Crippen LogP contribution in [0.15, 0.2) is 127 Å². The number of aliphatic hydroxyl groups is 2. The van der Waals surface area contributed by atoms with Crippen LogP contribution in [-0.2, 0) is 14.2 Å². The normalized spacial score (nSPS) is 27.1. The third-order valence-corrected chi connectivity index (χ3v) is 13.5. The van der Waals surface area contributed by atoms with Crippen molar-refractivity contribution < 1.29 is 47.2 Å². The Morgan fingerprint density at radius 1 is 0.658 bits per heavy atom. The molecule has 0 saturated carbocycles. The molecule has 2 aromatic carbocycles. The van der Waals surface area contributed by atoms with Crippen LogP contribution in [0.2, 0.25) is 0 Å². The number of carbonyl (C=O) groups is 2. The summed E-state index contributed by atoms with van der Waals surface area (Å²) in [5.74, 6) is -2.35. The minimum Gasteiger partial charge on any atom is -0.393 e. The number of rotatable bonds is 13. The van der Waals surface area contributed by atoms with Crippen molar-refractivity contribution >= 4 is 51.9 Å². The molecule has 3 aromatic heterocycles. The molecule has 2 amide bonds. The van der Waals surface area contributed by atoms with Gasteiger partial charge in [-0.05, 0) is 65.5 Å². The highest BCUT2D eigenvalue weighted by atomic mass is 127. The molecule has 12 atom stereocenters. The Balaban J connectivity index is 0.000000310. The van der Waals surface area contributed by atoms with Crippen molar-refractivity contribution in [3.05, 3.63) is 171 Å². The smallest absolute Gasteiger partial charge is 0.351 e. The minimum atomic E-state index is -2.19. The molecule has 28 nitrogen and oxygen atoms in total. The summed E-state index contributed by atoms with van der Waals surface area (Å²) >= 11 is 1.95. The second-order valence-electron chi connectivity index (χ2n) is 16.8. The number of hydrogen-bond acceptors (Lipinski definition) is 17. The lowest BCUT2D eigenvalue weighted by Gasteiger charge is -2.25. The number of hydrogen-bond donors (Lipinski definition) is 5. The maximum Gasteiger partial charge on any atom is 0.351 e. The van der Waals surface area contributed by atoms with Crippen LogP contribution in [0.1, 0.15) is 88.9 Å². The van der Waals surface area contributed by atoms with Crippen LogP contribution in [0, 0.1) is 11.8 Å². The average Bonchev–Trinajstić information content (AvgIpc) is 3.94. The number of ether oxygens (including phenoxy) is 3. The fraction of sp³-hybridized carbons (Fsp3) is 0.447. The van der Waals surface area contributed by atoms with Gasteiger partial charge in [-0.2, -0.15) is 15.0 Å². The van der Waals surface area contributed by atoms with Crippen LogP contribution >= 0.6 is 22.6 Å². The van der Waals surface area contributed by atoms with Crippen molar-refractivity contribution in [2.75, 3.05) is 27.4 Å². The van der Waals surface area contributed by atoms with Crippen LogP contribution in [-0.4, -0.2) is 104 Å². The second kappa shape index (κ2) is 28.1. The van der Waals surface area contributed by atoms with Gasteiger partial charge in [0, 0.05) is 60.7 Å². The lowest BCUT2D eigenvalue weighted by molar-refractivity contribution is -0.124. The van der Waals surface area contributed by atoms with E-state index >= 15 is 0 Å². The van der Waals surface area contributed by atoms with Crippen molar-refractivity contribution in [1.29, 1.82) is 0 Å². The molecule has 0 radical (unpaired) electrons. The summed E-state index contributed by atoms with van der Waals surface area (Å²) in [4.78, 5) is 79.6. The molecule has 5 aromatic rings. The number of alkyl halides is 4. The minimum absolute atomic E-state index is 0. The topological polar surface area (TPSA) is 403 Å². The third-order valence-electron chi connectivity index (χ3n) is 12.4. The molecular formula is C47H58F3IN18O10. The first-order chi connectivity index (χ1) is 36.3. The van der Waals surface area contributed by atoms with Gasteiger partial charge in [-0.15, -0.1) is 0 Å². The monoisotopic (exact) mass is 1220 g/mol. The Labute approximate surface area is 461 Å². The number of halogens is 4. The van der Waals surface area contributed by atoms with E-state index in [0.29, 0.717) is 11.1 Å². The number of nitrogens with two attached hydrogens (primary N) is 1. The zero-order valence-electron chi connectivity index (χ0n) is 40.0. The molecule has 0 bridgehead atoms. The standard InChI is InChI=1S/C18H19FN6O3.C17H16FIN6O3.C9H11FN6O4.3CH4/c1-3-18(23-24-20)11(2)14(19)16(28-18)25-10-9-13(22-17(25)27)21-15(26)12-7-5-4-6-8-12;1-10-13(18)15(28-17(10,9-19)23-24-20)25-8-7-12(22-16(25)27)21-14(26)11-5-3-2-4-6-11;10-5-6(18)9(3-17,14-15-12)20-7(5)16-2-1-4(11)13-8(16)19;;;/h4-11,14,16H,3H2,1-2H3,(H,21,22,26,27);2-8,10,13,15H,9H2,1H3,(H,21,22,26,27);1-2,5-7,17-18H,3H2,(H2,11,13,19);3*1H4/t11-,14+,16+,18+;10-,13+,15+,17+;5-,6+,7-,9-;;;/m001.../s1. The molecule has 424 valence electrons. The largest absolute Gasteiger partial charge is 0.393 e. The van der Waals surface area contributed by atoms with Gasteiger partial charge in [-0.25, -0.2) is 27.6 Å². The average molecular weight is 1220 g/mol. The van der Waals surface area contributed by atoms with E-state index in [1.807, 2.05) is 22.6 Å². The van der Waals surface area contributed by atoms with Crippen molar-refractivity contribution in [2.45, 2.75) is 110 Å². The highest BCUT2D eigenvalue weighted by molar-refractivity contribution is 14.1. The van der Waals surface area contributed by atoms with Gasteiger partial charge in [-0.3, -0.25) is 23.3 Å². The first-order valence-electron chi connectivity index (χ1n) is 22.5. The van der Waals surface area contributed by atoms with Crippen molar-refractivity contribution in [3.63, 3.8) is 0 Å². The summed E-state index contributed by atoms with van der Waals surface area (Å²) in [6.07, 6.45) is -7.38. The molecule has 3 aliphatic heterocycles. The third kappa shape index (κ3) is 13.9. The van der Waals surface area contributed by atoms with Gasteiger partial charge in [0.25, 0.3) is 11.8 Å².